The van der Waals surface area contributed by atoms with Gasteiger partial charge in [0.2, 0.25) is 5.91 Å². The first-order chi connectivity index (χ1) is 10.4. The van der Waals surface area contributed by atoms with Crippen LogP contribution in [0.3, 0.4) is 0 Å². The quantitative estimate of drug-likeness (QED) is 0.879. The molecule has 0 radical (unpaired) electrons. The summed E-state index contributed by atoms with van der Waals surface area (Å²) < 4.78 is 0. The molecule has 0 saturated carbocycles. The smallest absolute Gasteiger partial charge is 0.230 e. The lowest BCUT2D eigenvalue weighted by Gasteiger charge is -2.13. The second-order valence-corrected chi connectivity index (χ2v) is 7.83. The summed E-state index contributed by atoms with van der Waals surface area (Å²) in [6.07, 6.45) is 1.77. The number of thiazole rings is 1. The van der Waals surface area contributed by atoms with E-state index >= 15 is 0 Å². The van der Waals surface area contributed by atoms with Crippen molar-refractivity contribution < 1.29 is 4.79 Å². The Morgan fingerprint density at radius 2 is 2.14 bits per heavy atom. The number of carbonyl (C=O) groups is 1. The minimum absolute atomic E-state index is 0.0336. The molecule has 0 aromatic carbocycles. The van der Waals surface area contributed by atoms with Gasteiger partial charge in [-0.25, -0.2) is 4.98 Å². The van der Waals surface area contributed by atoms with Crippen LogP contribution in [0.15, 0.2) is 29.8 Å². The zero-order chi connectivity index (χ0) is 16.0. The molecule has 0 aliphatic heterocycles. The predicted molar refractivity (Wildman–Crippen MR) is 93.1 cm³/mol. The van der Waals surface area contributed by atoms with Crippen molar-refractivity contribution >= 4 is 29.0 Å². The molecule has 118 valence electrons. The molecule has 0 atom stereocenters. The second-order valence-electron chi connectivity index (χ2n) is 5.98. The number of hydrogen-bond acceptors (Lipinski definition) is 5. The van der Waals surface area contributed by atoms with Gasteiger partial charge in [-0.05, 0) is 12.1 Å². The molecule has 2 aromatic heterocycles. The van der Waals surface area contributed by atoms with Gasteiger partial charge in [0.1, 0.15) is 0 Å². The lowest BCUT2D eigenvalue weighted by molar-refractivity contribution is -0.118. The van der Waals surface area contributed by atoms with Gasteiger partial charge in [0, 0.05) is 22.7 Å². The number of nitrogens with one attached hydrogen (secondary N) is 1. The monoisotopic (exact) mass is 335 g/mol. The second kappa shape index (κ2) is 7.74. The Bertz CT molecular complexity index is 605. The van der Waals surface area contributed by atoms with E-state index in [1.807, 2.05) is 23.6 Å². The minimum atomic E-state index is 0.0336. The van der Waals surface area contributed by atoms with Crippen LogP contribution in [0, 0.1) is 0 Å². The summed E-state index contributed by atoms with van der Waals surface area (Å²) in [7, 11) is 0. The standard InChI is InChI=1S/C16H21N3OS2/c1-16(2,3)15-19-13(10-22-15)8-18-14(20)11-21-9-12-6-4-5-7-17-12/h4-7,10H,8-9,11H2,1-3H3,(H,18,20). The van der Waals surface area contributed by atoms with Gasteiger partial charge in [-0.2, -0.15) is 0 Å². The third-order valence-electron chi connectivity index (χ3n) is 2.87. The zero-order valence-corrected chi connectivity index (χ0v) is 14.8. The largest absolute Gasteiger partial charge is 0.350 e. The van der Waals surface area contributed by atoms with Gasteiger partial charge in [0.05, 0.1) is 28.7 Å². The van der Waals surface area contributed by atoms with E-state index < -0.39 is 0 Å². The fourth-order valence-electron chi connectivity index (χ4n) is 1.70. The first kappa shape index (κ1) is 17.0. The summed E-state index contributed by atoms with van der Waals surface area (Å²) in [5.41, 5.74) is 1.98. The van der Waals surface area contributed by atoms with Crippen molar-refractivity contribution in [3.63, 3.8) is 0 Å². The molecule has 1 amide bonds. The number of hydrogen-bond donors (Lipinski definition) is 1. The molecule has 0 aliphatic carbocycles. The van der Waals surface area contributed by atoms with Crippen LogP contribution in [0.1, 0.15) is 37.2 Å². The van der Waals surface area contributed by atoms with Crippen LogP contribution >= 0.6 is 23.1 Å². The molecule has 0 spiro atoms. The molecule has 22 heavy (non-hydrogen) atoms. The summed E-state index contributed by atoms with van der Waals surface area (Å²) in [5.74, 6) is 1.22. The number of aromatic nitrogens is 2. The summed E-state index contributed by atoms with van der Waals surface area (Å²) in [6.45, 7) is 6.92. The number of pyridine rings is 1. The molecule has 6 heteroatoms. The molecular weight excluding hydrogens is 314 g/mol. The summed E-state index contributed by atoms with van der Waals surface area (Å²) in [5, 5.41) is 6.03. The summed E-state index contributed by atoms with van der Waals surface area (Å²) >= 11 is 3.21. The highest BCUT2D eigenvalue weighted by Gasteiger charge is 2.17. The Morgan fingerprint density at radius 1 is 1.32 bits per heavy atom. The molecule has 2 rings (SSSR count). The molecule has 1 N–H and O–H groups in total. The van der Waals surface area contributed by atoms with Gasteiger partial charge in [0.15, 0.2) is 0 Å². The van der Waals surface area contributed by atoms with Crippen molar-refractivity contribution in [1.29, 1.82) is 0 Å². The van der Waals surface area contributed by atoms with Crippen molar-refractivity contribution in [2.45, 2.75) is 38.5 Å². The average molecular weight is 335 g/mol. The minimum Gasteiger partial charge on any atom is -0.350 e. The maximum Gasteiger partial charge on any atom is 0.230 e. The lowest BCUT2D eigenvalue weighted by Crippen LogP contribution is -2.25. The SMILES string of the molecule is CC(C)(C)c1nc(CNC(=O)CSCc2ccccn2)cs1. The molecule has 2 aromatic rings. The van der Waals surface area contributed by atoms with E-state index in [0.717, 1.165) is 22.1 Å². The van der Waals surface area contributed by atoms with Gasteiger partial charge in [-0.3, -0.25) is 9.78 Å². The van der Waals surface area contributed by atoms with E-state index in [1.165, 1.54) is 0 Å². The highest BCUT2D eigenvalue weighted by molar-refractivity contribution is 7.99. The van der Waals surface area contributed by atoms with Crippen LogP contribution < -0.4 is 5.32 Å². The lowest BCUT2D eigenvalue weighted by atomic mass is 9.98. The highest BCUT2D eigenvalue weighted by atomic mass is 32.2. The van der Waals surface area contributed by atoms with Gasteiger partial charge in [-0.1, -0.05) is 26.8 Å². The van der Waals surface area contributed by atoms with Crippen molar-refractivity contribution in [3.05, 3.63) is 46.2 Å². The number of amides is 1. The van der Waals surface area contributed by atoms with Crippen LogP contribution in [0.5, 0.6) is 0 Å². The van der Waals surface area contributed by atoms with E-state index in [4.69, 9.17) is 0 Å². The number of carbonyl (C=O) groups excluding carboxylic acids is 1. The molecule has 2 heterocycles. The van der Waals surface area contributed by atoms with Gasteiger partial charge in [0.25, 0.3) is 0 Å². The van der Waals surface area contributed by atoms with Crippen LogP contribution in [0.25, 0.3) is 0 Å². The van der Waals surface area contributed by atoms with Crippen molar-refractivity contribution in [2.24, 2.45) is 0 Å². The fraction of sp³-hybridized carbons (Fsp3) is 0.438. The molecular formula is C16H21N3OS2. The van der Waals surface area contributed by atoms with Crippen molar-refractivity contribution in [3.8, 4) is 0 Å². The van der Waals surface area contributed by atoms with E-state index in [2.05, 4.69) is 36.1 Å². The average Bonchev–Trinajstić information content (AvgIpc) is 2.95. The molecule has 0 bridgehead atoms. The number of thioether (sulfide) groups is 1. The Hall–Kier alpha value is -1.40. The highest BCUT2D eigenvalue weighted by Crippen LogP contribution is 2.25. The Balaban J connectivity index is 1.70. The Kier molecular flexibility index (Phi) is 5.97. The van der Waals surface area contributed by atoms with Crippen LogP contribution in [0.4, 0.5) is 0 Å². The van der Waals surface area contributed by atoms with E-state index in [9.17, 15) is 4.79 Å². The summed E-state index contributed by atoms with van der Waals surface area (Å²) in [4.78, 5) is 20.6. The number of rotatable bonds is 6. The van der Waals surface area contributed by atoms with Gasteiger partial charge in [-0.15, -0.1) is 23.1 Å². The van der Waals surface area contributed by atoms with Crippen molar-refractivity contribution in [2.75, 3.05) is 5.75 Å². The van der Waals surface area contributed by atoms with Gasteiger partial charge < -0.3 is 5.32 Å². The predicted octanol–water partition coefficient (Wildman–Crippen LogP) is 3.39. The van der Waals surface area contributed by atoms with E-state index in [0.29, 0.717) is 12.3 Å². The van der Waals surface area contributed by atoms with E-state index in [1.54, 1.807) is 29.3 Å². The van der Waals surface area contributed by atoms with Crippen LogP contribution in [0.2, 0.25) is 0 Å². The maximum atomic E-state index is 11.8. The normalized spacial score (nSPS) is 11.4. The third kappa shape index (κ3) is 5.42. The molecule has 4 nitrogen and oxygen atoms in total. The number of nitrogens with zero attached hydrogens (tertiary/aromatic N) is 2. The molecule has 0 saturated heterocycles. The molecule has 0 unspecified atom stereocenters. The van der Waals surface area contributed by atoms with Crippen molar-refractivity contribution in [1.82, 2.24) is 15.3 Å². The first-order valence-electron chi connectivity index (χ1n) is 7.14. The topological polar surface area (TPSA) is 54.9 Å². The Labute approximate surface area is 139 Å². The molecule has 0 aliphatic rings. The fourth-order valence-corrected chi connectivity index (χ4v) is 3.38. The molecule has 0 fully saturated rings. The third-order valence-corrected chi connectivity index (χ3v) is 5.15. The van der Waals surface area contributed by atoms with Crippen LogP contribution in [-0.2, 0) is 22.5 Å². The van der Waals surface area contributed by atoms with Gasteiger partial charge >= 0.3 is 0 Å². The van der Waals surface area contributed by atoms with E-state index in [-0.39, 0.29) is 11.3 Å². The Morgan fingerprint density at radius 3 is 2.77 bits per heavy atom. The maximum absolute atomic E-state index is 11.8. The summed E-state index contributed by atoms with van der Waals surface area (Å²) in [6, 6.07) is 5.81. The zero-order valence-electron chi connectivity index (χ0n) is 13.1. The first-order valence-corrected chi connectivity index (χ1v) is 9.18. The van der Waals surface area contributed by atoms with Crippen LogP contribution in [-0.4, -0.2) is 21.6 Å².